The van der Waals surface area contributed by atoms with Crippen molar-refractivity contribution in [1.82, 2.24) is 15.1 Å². The minimum Gasteiger partial charge on any atom is -0.356 e. The number of halogens is 2. The first-order chi connectivity index (χ1) is 11.1. The molecule has 0 unspecified atom stereocenters. The zero-order valence-electron chi connectivity index (χ0n) is 13.4. The van der Waals surface area contributed by atoms with Crippen molar-refractivity contribution in [1.29, 1.82) is 0 Å². The number of aliphatic imine (C=N–C) groups is 1. The number of piperazine rings is 1. The smallest absolute Gasteiger partial charge is 0.194 e. The first kappa shape index (κ1) is 17.8. The van der Waals surface area contributed by atoms with Crippen LogP contribution in [-0.4, -0.2) is 55.0 Å². The Kier molecular flexibility index (Phi) is 6.87. The van der Waals surface area contributed by atoms with E-state index in [9.17, 15) is 4.39 Å². The largest absolute Gasteiger partial charge is 0.356 e. The molecule has 0 atom stereocenters. The zero-order chi connectivity index (χ0) is 16.7. The van der Waals surface area contributed by atoms with E-state index in [0.29, 0.717) is 11.0 Å². The first-order valence-corrected chi connectivity index (χ1v) is 8.56. The van der Waals surface area contributed by atoms with Gasteiger partial charge < -0.3 is 10.2 Å². The molecule has 1 aromatic carbocycles. The molecule has 0 aromatic heterocycles. The van der Waals surface area contributed by atoms with Crippen LogP contribution in [0.4, 0.5) is 4.39 Å². The van der Waals surface area contributed by atoms with Crippen molar-refractivity contribution in [2.24, 2.45) is 4.99 Å². The van der Waals surface area contributed by atoms with Crippen LogP contribution in [0.5, 0.6) is 0 Å². The zero-order valence-corrected chi connectivity index (χ0v) is 14.9. The van der Waals surface area contributed by atoms with E-state index in [1.165, 1.54) is 0 Å². The maximum atomic E-state index is 13.6. The van der Waals surface area contributed by atoms with Crippen molar-refractivity contribution >= 4 is 21.9 Å². The second-order valence-electron chi connectivity index (χ2n) is 5.39. The van der Waals surface area contributed by atoms with Gasteiger partial charge in [-0.3, -0.25) is 4.90 Å². The maximum absolute atomic E-state index is 13.6. The van der Waals surface area contributed by atoms with Crippen LogP contribution in [0.15, 0.2) is 27.7 Å². The van der Waals surface area contributed by atoms with Crippen LogP contribution in [0.2, 0.25) is 0 Å². The van der Waals surface area contributed by atoms with Crippen LogP contribution >= 0.6 is 15.9 Å². The second kappa shape index (κ2) is 8.90. The second-order valence-corrected chi connectivity index (χ2v) is 6.24. The lowest BCUT2D eigenvalue weighted by Gasteiger charge is -2.36. The van der Waals surface area contributed by atoms with Gasteiger partial charge in [0.1, 0.15) is 12.4 Å². The molecule has 0 amide bonds. The molecule has 1 N–H and O–H groups in total. The van der Waals surface area contributed by atoms with E-state index in [1.807, 2.05) is 13.0 Å². The van der Waals surface area contributed by atoms with Crippen molar-refractivity contribution < 1.29 is 4.39 Å². The SMILES string of the molecule is C#CCN=C(NCC)N1CCN(Cc2ccc(Br)c(F)c2)CC1. The summed E-state index contributed by atoms with van der Waals surface area (Å²) in [5, 5.41) is 3.27. The number of hydrogen-bond acceptors (Lipinski definition) is 2. The lowest BCUT2D eigenvalue weighted by molar-refractivity contribution is 0.172. The Bertz CT molecular complexity index is 589. The molecule has 2 rings (SSSR count). The third-order valence-electron chi connectivity index (χ3n) is 3.72. The monoisotopic (exact) mass is 380 g/mol. The van der Waals surface area contributed by atoms with Gasteiger partial charge in [-0.2, -0.15) is 0 Å². The van der Waals surface area contributed by atoms with Gasteiger partial charge in [0.25, 0.3) is 0 Å². The van der Waals surface area contributed by atoms with Gasteiger partial charge in [-0.05, 0) is 40.5 Å². The standard InChI is InChI=1S/C17H22BrFN4/c1-3-7-21-17(20-4-2)23-10-8-22(9-11-23)13-14-5-6-15(18)16(19)12-14/h1,5-6,12H,4,7-11,13H2,2H3,(H,20,21). The molecule has 23 heavy (non-hydrogen) atoms. The van der Waals surface area contributed by atoms with Crippen molar-refractivity contribution in [3.8, 4) is 12.3 Å². The summed E-state index contributed by atoms with van der Waals surface area (Å²) in [4.78, 5) is 8.95. The topological polar surface area (TPSA) is 30.9 Å². The third-order valence-corrected chi connectivity index (χ3v) is 4.36. The molecule has 0 radical (unpaired) electrons. The molecule has 1 saturated heterocycles. The van der Waals surface area contributed by atoms with E-state index in [-0.39, 0.29) is 5.82 Å². The highest BCUT2D eigenvalue weighted by Gasteiger charge is 2.19. The van der Waals surface area contributed by atoms with Crippen molar-refractivity contribution in [3.05, 3.63) is 34.1 Å². The third kappa shape index (κ3) is 5.22. The summed E-state index contributed by atoms with van der Waals surface area (Å²) in [7, 11) is 0. The van der Waals surface area contributed by atoms with E-state index in [2.05, 4.69) is 42.0 Å². The minimum absolute atomic E-state index is 0.211. The van der Waals surface area contributed by atoms with Crippen LogP contribution in [-0.2, 0) is 6.54 Å². The first-order valence-electron chi connectivity index (χ1n) is 7.77. The van der Waals surface area contributed by atoms with E-state index >= 15 is 0 Å². The molecule has 1 aliphatic heterocycles. The average molecular weight is 381 g/mol. The molecule has 4 nitrogen and oxygen atoms in total. The molecule has 1 aliphatic rings. The molecule has 1 fully saturated rings. The Morgan fingerprint density at radius 2 is 2.13 bits per heavy atom. The van der Waals surface area contributed by atoms with Gasteiger partial charge in [-0.15, -0.1) is 6.42 Å². The molecular weight excluding hydrogens is 359 g/mol. The van der Waals surface area contributed by atoms with Gasteiger partial charge in [-0.25, -0.2) is 9.38 Å². The number of guanidine groups is 1. The molecule has 1 aromatic rings. The lowest BCUT2D eigenvalue weighted by atomic mass is 10.2. The van der Waals surface area contributed by atoms with Gasteiger partial charge >= 0.3 is 0 Å². The van der Waals surface area contributed by atoms with Gasteiger partial charge in [-0.1, -0.05) is 12.0 Å². The fraction of sp³-hybridized carbons (Fsp3) is 0.471. The summed E-state index contributed by atoms with van der Waals surface area (Å²) in [5.74, 6) is 3.21. The van der Waals surface area contributed by atoms with Gasteiger partial charge in [0.2, 0.25) is 0 Å². The number of hydrogen-bond donors (Lipinski definition) is 1. The summed E-state index contributed by atoms with van der Waals surface area (Å²) in [6.45, 7) is 7.61. The van der Waals surface area contributed by atoms with E-state index < -0.39 is 0 Å². The fourth-order valence-corrected chi connectivity index (χ4v) is 2.81. The number of terminal acetylenes is 1. The number of benzene rings is 1. The van der Waals surface area contributed by atoms with Crippen molar-refractivity contribution in [2.45, 2.75) is 13.5 Å². The summed E-state index contributed by atoms with van der Waals surface area (Å²) < 4.78 is 14.1. The Balaban J connectivity index is 1.90. The molecular formula is C17H22BrFN4. The normalized spacial score (nSPS) is 16.3. The predicted molar refractivity (Wildman–Crippen MR) is 95.8 cm³/mol. The van der Waals surface area contributed by atoms with Crippen molar-refractivity contribution in [3.63, 3.8) is 0 Å². The van der Waals surface area contributed by atoms with Crippen LogP contribution < -0.4 is 5.32 Å². The summed E-state index contributed by atoms with van der Waals surface area (Å²) in [5.41, 5.74) is 0.993. The molecule has 124 valence electrons. The van der Waals surface area contributed by atoms with E-state index in [0.717, 1.165) is 50.8 Å². The van der Waals surface area contributed by atoms with Crippen LogP contribution in [0.3, 0.4) is 0 Å². The van der Waals surface area contributed by atoms with E-state index in [1.54, 1.807) is 12.1 Å². The van der Waals surface area contributed by atoms with Crippen LogP contribution in [0.1, 0.15) is 12.5 Å². The Labute approximate surface area is 145 Å². The molecule has 0 aliphatic carbocycles. The Morgan fingerprint density at radius 3 is 2.74 bits per heavy atom. The summed E-state index contributed by atoms with van der Waals surface area (Å²) in [6.07, 6.45) is 5.29. The average Bonchev–Trinajstić information content (AvgIpc) is 2.56. The Hall–Kier alpha value is -1.58. The Morgan fingerprint density at radius 1 is 1.39 bits per heavy atom. The van der Waals surface area contributed by atoms with Gasteiger partial charge in [0.05, 0.1) is 4.47 Å². The number of nitrogens with zero attached hydrogens (tertiary/aromatic N) is 3. The molecule has 0 saturated carbocycles. The number of rotatable bonds is 4. The summed E-state index contributed by atoms with van der Waals surface area (Å²) >= 11 is 3.18. The fourth-order valence-electron chi connectivity index (χ4n) is 2.56. The number of nitrogens with one attached hydrogen (secondary N) is 1. The molecule has 6 heteroatoms. The van der Waals surface area contributed by atoms with Gasteiger partial charge in [0, 0.05) is 39.3 Å². The van der Waals surface area contributed by atoms with Gasteiger partial charge in [0.15, 0.2) is 5.96 Å². The van der Waals surface area contributed by atoms with Crippen LogP contribution in [0.25, 0.3) is 0 Å². The molecule has 1 heterocycles. The molecule has 0 bridgehead atoms. The van der Waals surface area contributed by atoms with E-state index in [4.69, 9.17) is 6.42 Å². The predicted octanol–water partition coefficient (Wildman–Crippen LogP) is 2.30. The van der Waals surface area contributed by atoms with Crippen molar-refractivity contribution in [2.75, 3.05) is 39.3 Å². The highest BCUT2D eigenvalue weighted by Crippen LogP contribution is 2.18. The quantitative estimate of drug-likeness (QED) is 0.493. The summed E-state index contributed by atoms with van der Waals surface area (Å²) in [6, 6.07) is 5.31. The minimum atomic E-state index is -0.211. The highest BCUT2D eigenvalue weighted by molar-refractivity contribution is 9.10. The van der Waals surface area contributed by atoms with Crippen LogP contribution in [0, 0.1) is 18.2 Å². The highest BCUT2D eigenvalue weighted by atomic mass is 79.9. The maximum Gasteiger partial charge on any atom is 0.194 e. The molecule has 0 spiro atoms. The lowest BCUT2D eigenvalue weighted by Crippen LogP contribution is -2.52.